The van der Waals surface area contributed by atoms with Crippen LogP contribution in [0.5, 0.6) is 0 Å². The first-order chi connectivity index (χ1) is 16.4. The quantitative estimate of drug-likeness (QED) is 0.211. The number of esters is 1. The first-order valence-electron chi connectivity index (χ1n) is 10.5. The van der Waals surface area contributed by atoms with Gasteiger partial charge in [0.2, 0.25) is 0 Å². The predicted molar refractivity (Wildman–Crippen MR) is 127 cm³/mol. The van der Waals surface area contributed by atoms with Gasteiger partial charge in [0.25, 0.3) is 11.8 Å². The first-order valence-corrected chi connectivity index (χ1v) is 10.5. The van der Waals surface area contributed by atoms with Gasteiger partial charge in [0.1, 0.15) is 0 Å². The molecule has 7 heteroatoms. The number of carbonyl (C=O) groups is 4. The number of nitrogen functional groups attached to an aromatic ring is 1. The highest BCUT2D eigenvalue weighted by molar-refractivity contribution is 6.36. The Hall–Kier alpha value is -4.78. The van der Waals surface area contributed by atoms with Gasteiger partial charge in [-0.3, -0.25) is 14.4 Å². The van der Waals surface area contributed by atoms with Crippen LogP contribution in [0, 0.1) is 0 Å². The zero-order valence-electron chi connectivity index (χ0n) is 17.9. The summed E-state index contributed by atoms with van der Waals surface area (Å²) in [6, 6.07) is 23.3. The van der Waals surface area contributed by atoms with Gasteiger partial charge in [0, 0.05) is 16.6 Å². The number of carbonyl (C=O) groups excluding carboxylic acids is 4. The molecule has 0 unspecified atom stereocenters. The normalized spacial score (nSPS) is 12.6. The number of hydrogen-bond acceptors (Lipinski definition) is 6. The highest BCUT2D eigenvalue weighted by atomic mass is 16.5. The summed E-state index contributed by atoms with van der Waals surface area (Å²) >= 11 is 0. The van der Waals surface area contributed by atoms with E-state index in [4.69, 9.17) is 10.5 Å². The Labute approximate surface area is 194 Å². The molecule has 7 nitrogen and oxygen atoms in total. The molecule has 4 aromatic carbocycles. The van der Waals surface area contributed by atoms with Crippen LogP contribution in [0.1, 0.15) is 41.4 Å². The first kappa shape index (κ1) is 21.1. The van der Waals surface area contributed by atoms with Gasteiger partial charge in [-0.25, -0.2) is 9.69 Å². The third kappa shape index (κ3) is 3.59. The molecular weight excluding hydrogens is 432 g/mol. The lowest BCUT2D eigenvalue weighted by Crippen LogP contribution is -2.29. The summed E-state index contributed by atoms with van der Waals surface area (Å²) in [7, 11) is 0. The number of ether oxygens (including phenoxy) is 1. The number of benzene rings is 4. The van der Waals surface area contributed by atoms with Crippen LogP contribution in [0.4, 0.5) is 11.4 Å². The third-order valence-corrected chi connectivity index (χ3v) is 5.70. The molecular formula is C27H18N2O5. The number of ketones is 1. The van der Waals surface area contributed by atoms with E-state index < -0.39 is 24.4 Å². The summed E-state index contributed by atoms with van der Waals surface area (Å²) in [5, 5.41) is 1.66. The molecule has 5 rings (SSSR count). The van der Waals surface area contributed by atoms with Crippen molar-refractivity contribution in [1.82, 2.24) is 0 Å². The largest absolute Gasteiger partial charge is 0.454 e. The molecule has 0 atom stereocenters. The van der Waals surface area contributed by atoms with Crippen molar-refractivity contribution in [2.45, 2.75) is 0 Å². The lowest BCUT2D eigenvalue weighted by Gasteiger charge is -2.16. The maximum absolute atomic E-state index is 13.2. The van der Waals surface area contributed by atoms with Crippen LogP contribution in [0.15, 0.2) is 84.9 Å². The highest BCUT2D eigenvalue weighted by Crippen LogP contribution is 2.34. The molecule has 0 aromatic heterocycles. The number of Topliss-reactive ketones (excluding diaryl/α,β-unsaturated/α-hetero) is 1. The molecule has 0 radical (unpaired) electrons. The smallest absolute Gasteiger partial charge is 0.338 e. The number of anilines is 2. The molecule has 4 aromatic rings. The summed E-state index contributed by atoms with van der Waals surface area (Å²) in [4.78, 5) is 52.2. The summed E-state index contributed by atoms with van der Waals surface area (Å²) in [5.41, 5.74) is 7.35. The van der Waals surface area contributed by atoms with Gasteiger partial charge in [-0.2, -0.15) is 0 Å². The molecule has 2 amide bonds. The van der Waals surface area contributed by atoms with Crippen molar-refractivity contribution in [2.24, 2.45) is 0 Å². The number of amides is 2. The Bertz CT molecular complexity index is 1490. The van der Waals surface area contributed by atoms with E-state index in [2.05, 4.69) is 0 Å². The molecule has 0 aliphatic carbocycles. The minimum Gasteiger partial charge on any atom is -0.454 e. The zero-order valence-corrected chi connectivity index (χ0v) is 17.9. The van der Waals surface area contributed by atoms with Crippen molar-refractivity contribution in [2.75, 3.05) is 17.2 Å². The topological polar surface area (TPSA) is 107 Å². The SMILES string of the molecule is Nc1ccc(C(=O)COC(=O)c2ccc3c(c2)C(=O)N(c2cccc4ccccc24)C3=O)cc1. The molecule has 1 heterocycles. The Morgan fingerprint density at radius 3 is 2.24 bits per heavy atom. The molecule has 0 bridgehead atoms. The maximum atomic E-state index is 13.2. The number of nitrogens with zero attached hydrogens (tertiary/aromatic N) is 1. The van der Waals surface area contributed by atoms with Crippen LogP contribution in [-0.4, -0.2) is 30.2 Å². The minimum absolute atomic E-state index is 0.0739. The van der Waals surface area contributed by atoms with E-state index in [9.17, 15) is 19.2 Å². The van der Waals surface area contributed by atoms with E-state index >= 15 is 0 Å². The predicted octanol–water partition coefficient (Wildman–Crippen LogP) is 4.26. The summed E-state index contributed by atoms with van der Waals surface area (Å²) < 4.78 is 5.14. The monoisotopic (exact) mass is 450 g/mol. The molecule has 1 aliphatic heterocycles. The Morgan fingerprint density at radius 2 is 1.44 bits per heavy atom. The summed E-state index contributed by atoms with van der Waals surface area (Å²) in [6.45, 7) is -0.463. The molecule has 2 N–H and O–H groups in total. The standard InChI is InChI=1S/C27H18N2O5/c28-19-11-8-17(9-12-19)24(30)15-34-27(33)18-10-13-21-22(14-18)26(32)29(25(21)31)23-7-3-5-16-4-1-2-6-20(16)23/h1-14H,15,28H2. The van der Waals surface area contributed by atoms with E-state index in [1.54, 1.807) is 36.4 Å². The van der Waals surface area contributed by atoms with Crippen molar-refractivity contribution in [3.05, 3.63) is 107 Å². The van der Waals surface area contributed by atoms with Crippen molar-refractivity contribution in [1.29, 1.82) is 0 Å². The minimum atomic E-state index is -0.768. The van der Waals surface area contributed by atoms with Crippen LogP contribution >= 0.6 is 0 Å². The van der Waals surface area contributed by atoms with Gasteiger partial charge < -0.3 is 10.5 Å². The van der Waals surface area contributed by atoms with Crippen molar-refractivity contribution in [3.8, 4) is 0 Å². The molecule has 34 heavy (non-hydrogen) atoms. The number of nitrogens with two attached hydrogens (primary N) is 1. The molecule has 0 fully saturated rings. The van der Waals surface area contributed by atoms with E-state index in [1.165, 1.54) is 18.2 Å². The van der Waals surface area contributed by atoms with Crippen LogP contribution in [0.25, 0.3) is 10.8 Å². The van der Waals surface area contributed by atoms with Crippen molar-refractivity contribution < 1.29 is 23.9 Å². The van der Waals surface area contributed by atoms with E-state index in [-0.39, 0.29) is 22.5 Å². The van der Waals surface area contributed by atoms with Crippen molar-refractivity contribution in [3.63, 3.8) is 0 Å². The van der Waals surface area contributed by atoms with Gasteiger partial charge in [-0.15, -0.1) is 0 Å². The molecule has 1 aliphatic rings. The molecule has 166 valence electrons. The van der Waals surface area contributed by atoms with Gasteiger partial charge in [-0.05, 0) is 53.9 Å². The lowest BCUT2D eigenvalue weighted by atomic mass is 10.1. The highest BCUT2D eigenvalue weighted by Gasteiger charge is 2.38. The fraction of sp³-hybridized carbons (Fsp3) is 0.0370. The molecule has 0 saturated carbocycles. The van der Waals surface area contributed by atoms with Crippen LogP contribution in [0.2, 0.25) is 0 Å². The lowest BCUT2D eigenvalue weighted by molar-refractivity contribution is 0.0474. The second-order valence-corrected chi connectivity index (χ2v) is 7.83. The Kier molecular flexibility index (Phi) is 5.14. The fourth-order valence-corrected chi connectivity index (χ4v) is 3.96. The van der Waals surface area contributed by atoms with Gasteiger partial charge in [0.15, 0.2) is 12.4 Å². The van der Waals surface area contributed by atoms with Gasteiger partial charge in [-0.1, -0.05) is 36.4 Å². The Balaban J connectivity index is 1.38. The van der Waals surface area contributed by atoms with Gasteiger partial charge in [0.05, 0.1) is 22.4 Å². The third-order valence-electron chi connectivity index (χ3n) is 5.70. The fourth-order valence-electron chi connectivity index (χ4n) is 3.96. The molecule has 0 spiro atoms. The van der Waals surface area contributed by atoms with Crippen molar-refractivity contribution >= 4 is 45.7 Å². The summed E-state index contributed by atoms with van der Waals surface area (Å²) in [5.74, 6) is -2.14. The van der Waals surface area contributed by atoms with Crippen LogP contribution in [-0.2, 0) is 4.74 Å². The van der Waals surface area contributed by atoms with Crippen LogP contribution < -0.4 is 10.6 Å². The average molecular weight is 450 g/mol. The maximum Gasteiger partial charge on any atom is 0.338 e. The number of fused-ring (bicyclic) bond motifs is 2. The second kappa shape index (κ2) is 8.29. The van der Waals surface area contributed by atoms with E-state index in [0.717, 1.165) is 15.7 Å². The van der Waals surface area contributed by atoms with Crippen LogP contribution in [0.3, 0.4) is 0 Å². The van der Waals surface area contributed by atoms with E-state index in [0.29, 0.717) is 16.9 Å². The number of rotatable bonds is 5. The number of hydrogen-bond donors (Lipinski definition) is 1. The van der Waals surface area contributed by atoms with Gasteiger partial charge >= 0.3 is 5.97 Å². The summed E-state index contributed by atoms with van der Waals surface area (Å²) in [6.07, 6.45) is 0. The molecule has 0 saturated heterocycles. The number of imide groups is 1. The van der Waals surface area contributed by atoms with E-state index in [1.807, 2.05) is 30.3 Å². The second-order valence-electron chi connectivity index (χ2n) is 7.83. The average Bonchev–Trinajstić information content (AvgIpc) is 3.11. The zero-order chi connectivity index (χ0) is 23.8. The Morgan fingerprint density at radius 1 is 0.765 bits per heavy atom.